The van der Waals surface area contributed by atoms with Gasteiger partial charge in [0.1, 0.15) is 11.5 Å². The molecule has 1 aromatic heterocycles. The van der Waals surface area contributed by atoms with Gasteiger partial charge in [-0.3, -0.25) is 9.69 Å². The van der Waals surface area contributed by atoms with Crippen molar-refractivity contribution in [3.05, 3.63) is 47.3 Å². The number of aromatic nitrogens is 2. The number of benzene rings is 1. The molecule has 8 heteroatoms. The van der Waals surface area contributed by atoms with Crippen molar-refractivity contribution >= 4 is 5.91 Å². The Kier molecular flexibility index (Phi) is 5.91. The quantitative estimate of drug-likeness (QED) is 0.832. The van der Waals surface area contributed by atoms with Crippen LogP contribution in [-0.2, 0) is 11.2 Å². The summed E-state index contributed by atoms with van der Waals surface area (Å²) < 4.78 is 29.0. The number of fused-ring (bicyclic) bond motifs is 1. The fourth-order valence-electron chi connectivity index (χ4n) is 4.27. The molecule has 29 heavy (non-hydrogen) atoms. The number of piperazine rings is 1. The van der Waals surface area contributed by atoms with Crippen molar-refractivity contribution in [2.45, 2.75) is 32.2 Å². The number of rotatable bonds is 5. The highest BCUT2D eigenvalue weighted by Crippen LogP contribution is 2.31. The SMILES string of the molecule is CCN1CCN(CC(=O)N[C@@H]2CCCc3c2cnn3-c2ccc(F)cc2F)CC1. The summed E-state index contributed by atoms with van der Waals surface area (Å²) in [6.07, 6.45) is 4.15. The van der Waals surface area contributed by atoms with Crippen molar-refractivity contribution in [1.29, 1.82) is 0 Å². The van der Waals surface area contributed by atoms with Crippen molar-refractivity contribution in [1.82, 2.24) is 24.9 Å². The molecule has 0 radical (unpaired) electrons. The van der Waals surface area contributed by atoms with E-state index < -0.39 is 11.6 Å². The zero-order valence-electron chi connectivity index (χ0n) is 16.7. The number of hydrogen-bond acceptors (Lipinski definition) is 4. The maximum absolute atomic E-state index is 14.2. The topological polar surface area (TPSA) is 53.4 Å². The van der Waals surface area contributed by atoms with Gasteiger partial charge < -0.3 is 10.2 Å². The van der Waals surface area contributed by atoms with Crippen LogP contribution in [0.3, 0.4) is 0 Å². The van der Waals surface area contributed by atoms with E-state index in [0.717, 1.165) is 69.3 Å². The van der Waals surface area contributed by atoms with Gasteiger partial charge in [-0.1, -0.05) is 6.92 Å². The number of likely N-dealkylation sites (N-methyl/N-ethyl adjacent to an activating group) is 1. The molecule has 2 aromatic rings. The normalized spacial score (nSPS) is 20.4. The summed E-state index contributed by atoms with van der Waals surface area (Å²) in [4.78, 5) is 17.2. The van der Waals surface area contributed by atoms with E-state index in [0.29, 0.717) is 6.54 Å². The van der Waals surface area contributed by atoms with Crippen molar-refractivity contribution in [3.8, 4) is 5.69 Å². The second-order valence-electron chi connectivity index (χ2n) is 7.78. The van der Waals surface area contributed by atoms with Gasteiger partial charge in [0.2, 0.25) is 5.91 Å². The number of halogens is 2. The molecule has 2 heterocycles. The Bertz CT molecular complexity index is 876. The summed E-state index contributed by atoms with van der Waals surface area (Å²) in [7, 11) is 0. The van der Waals surface area contributed by atoms with Gasteiger partial charge in [0, 0.05) is 43.5 Å². The highest BCUT2D eigenvalue weighted by atomic mass is 19.1. The lowest BCUT2D eigenvalue weighted by molar-refractivity contribution is -0.123. The van der Waals surface area contributed by atoms with Crippen LogP contribution in [0.25, 0.3) is 5.69 Å². The van der Waals surface area contributed by atoms with Crippen molar-refractivity contribution < 1.29 is 13.6 Å². The largest absolute Gasteiger partial charge is 0.348 e. The number of hydrogen-bond donors (Lipinski definition) is 1. The predicted octanol–water partition coefficient (Wildman–Crippen LogP) is 2.28. The van der Waals surface area contributed by atoms with Crippen molar-refractivity contribution in [2.24, 2.45) is 0 Å². The van der Waals surface area contributed by atoms with Crippen LogP contribution in [0.15, 0.2) is 24.4 Å². The van der Waals surface area contributed by atoms with Gasteiger partial charge >= 0.3 is 0 Å². The van der Waals surface area contributed by atoms with Crippen LogP contribution >= 0.6 is 0 Å². The van der Waals surface area contributed by atoms with E-state index in [2.05, 4.69) is 27.1 Å². The average molecular weight is 403 g/mol. The minimum atomic E-state index is -0.645. The predicted molar refractivity (Wildman–Crippen MR) is 106 cm³/mol. The molecule has 0 saturated carbocycles. The summed E-state index contributed by atoms with van der Waals surface area (Å²) in [5, 5.41) is 7.47. The van der Waals surface area contributed by atoms with Crippen molar-refractivity contribution in [2.75, 3.05) is 39.3 Å². The van der Waals surface area contributed by atoms with Crippen LogP contribution < -0.4 is 5.32 Å². The summed E-state index contributed by atoms with van der Waals surface area (Å²) in [5.41, 5.74) is 2.03. The molecule has 6 nitrogen and oxygen atoms in total. The molecule has 1 amide bonds. The molecule has 0 spiro atoms. The van der Waals surface area contributed by atoms with Gasteiger partial charge in [-0.15, -0.1) is 0 Å². The summed E-state index contributed by atoms with van der Waals surface area (Å²) in [6.45, 7) is 7.38. The Labute approximate surface area is 169 Å². The fourth-order valence-corrected chi connectivity index (χ4v) is 4.27. The summed E-state index contributed by atoms with van der Waals surface area (Å²) in [6, 6.07) is 3.37. The lowest BCUT2D eigenvalue weighted by atomic mass is 9.93. The van der Waals surface area contributed by atoms with Gasteiger partial charge in [-0.25, -0.2) is 13.5 Å². The Morgan fingerprint density at radius 2 is 1.97 bits per heavy atom. The monoisotopic (exact) mass is 403 g/mol. The van der Waals surface area contributed by atoms with Gasteiger partial charge in [0.15, 0.2) is 5.82 Å². The minimum absolute atomic E-state index is 0.00788. The van der Waals surface area contributed by atoms with Gasteiger partial charge in [-0.05, 0) is 37.9 Å². The Balaban J connectivity index is 1.44. The van der Waals surface area contributed by atoms with Gasteiger partial charge in [0.05, 0.1) is 18.8 Å². The van der Waals surface area contributed by atoms with E-state index in [9.17, 15) is 13.6 Å². The van der Waals surface area contributed by atoms with E-state index in [-0.39, 0.29) is 17.6 Å². The third-order valence-corrected chi connectivity index (χ3v) is 5.94. The molecule has 2 aliphatic rings. The van der Waals surface area contributed by atoms with E-state index in [4.69, 9.17) is 0 Å². The standard InChI is InChI=1S/C21H27F2N5O/c1-2-26-8-10-27(11-9-26)14-21(29)25-18-4-3-5-19-16(18)13-24-28(19)20-7-6-15(22)12-17(20)23/h6-7,12-13,18H,2-5,8-11,14H2,1H3,(H,25,29)/t18-/m1/s1. The van der Waals surface area contributed by atoms with E-state index in [1.54, 1.807) is 6.20 Å². The van der Waals surface area contributed by atoms with Crippen molar-refractivity contribution in [3.63, 3.8) is 0 Å². The summed E-state index contributed by atoms with van der Waals surface area (Å²) in [5.74, 6) is -1.25. The molecule has 1 aliphatic carbocycles. The molecular formula is C21H27F2N5O. The first-order chi connectivity index (χ1) is 14.0. The second kappa shape index (κ2) is 8.59. The third kappa shape index (κ3) is 4.33. The first-order valence-corrected chi connectivity index (χ1v) is 10.3. The smallest absolute Gasteiger partial charge is 0.234 e. The molecule has 1 fully saturated rings. The average Bonchev–Trinajstić information content (AvgIpc) is 3.13. The van der Waals surface area contributed by atoms with Crippen LogP contribution in [0.2, 0.25) is 0 Å². The minimum Gasteiger partial charge on any atom is -0.348 e. The molecule has 156 valence electrons. The van der Waals surface area contributed by atoms with E-state index in [1.165, 1.54) is 16.8 Å². The lowest BCUT2D eigenvalue weighted by Gasteiger charge is -2.34. The lowest BCUT2D eigenvalue weighted by Crippen LogP contribution is -2.49. The number of nitrogens with zero attached hydrogens (tertiary/aromatic N) is 4. The zero-order chi connectivity index (χ0) is 20.4. The van der Waals surface area contributed by atoms with Crippen LogP contribution in [-0.4, -0.2) is 64.8 Å². The molecule has 0 bridgehead atoms. The first-order valence-electron chi connectivity index (χ1n) is 10.3. The second-order valence-corrected chi connectivity index (χ2v) is 7.78. The van der Waals surface area contributed by atoms with Crippen LogP contribution in [0.5, 0.6) is 0 Å². The van der Waals surface area contributed by atoms with E-state index in [1.807, 2.05) is 0 Å². The van der Waals surface area contributed by atoms with Gasteiger partial charge in [-0.2, -0.15) is 5.10 Å². The molecule has 1 atom stereocenters. The highest BCUT2D eigenvalue weighted by molar-refractivity contribution is 5.78. The maximum atomic E-state index is 14.2. The Hall–Kier alpha value is -2.32. The molecule has 1 aromatic carbocycles. The van der Waals surface area contributed by atoms with Gasteiger partial charge in [0.25, 0.3) is 0 Å². The van der Waals surface area contributed by atoms with Crippen LogP contribution in [0, 0.1) is 11.6 Å². The molecule has 4 rings (SSSR count). The summed E-state index contributed by atoms with van der Waals surface area (Å²) >= 11 is 0. The zero-order valence-corrected chi connectivity index (χ0v) is 16.7. The fraction of sp³-hybridized carbons (Fsp3) is 0.524. The molecule has 1 aliphatic heterocycles. The maximum Gasteiger partial charge on any atom is 0.234 e. The molecule has 1 N–H and O–H groups in total. The molecule has 0 unspecified atom stereocenters. The number of carbonyl (C=O) groups is 1. The Morgan fingerprint density at radius 1 is 1.21 bits per heavy atom. The molecular weight excluding hydrogens is 376 g/mol. The first kappa shape index (κ1) is 20.0. The molecule has 1 saturated heterocycles. The highest BCUT2D eigenvalue weighted by Gasteiger charge is 2.27. The number of carbonyl (C=O) groups excluding carboxylic acids is 1. The number of amides is 1. The van der Waals surface area contributed by atoms with E-state index >= 15 is 0 Å². The van der Waals surface area contributed by atoms with Crippen LogP contribution in [0.1, 0.15) is 37.1 Å². The third-order valence-electron chi connectivity index (χ3n) is 5.94. The Morgan fingerprint density at radius 3 is 2.69 bits per heavy atom. The number of nitrogens with one attached hydrogen (secondary N) is 1. The van der Waals surface area contributed by atoms with Crippen LogP contribution in [0.4, 0.5) is 8.78 Å².